The predicted octanol–water partition coefficient (Wildman–Crippen LogP) is 4.86. The van der Waals surface area contributed by atoms with E-state index in [9.17, 15) is 9.90 Å². The highest BCUT2D eigenvalue weighted by Crippen LogP contribution is 2.33. The number of carbonyl (C=O) groups is 1. The monoisotopic (exact) mass is 282 g/mol. The molecule has 3 rings (SSSR count). The first kappa shape index (κ1) is 12.7. The van der Waals surface area contributed by atoms with E-state index in [0.717, 1.165) is 16.3 Å². The van der Waals surface area contributed by atoms with Crippen molar-refractivity contribution in [2.24, 2.45) is 0 Å². The molecule has 0 saturated heterocycles. The highest BCUT2D eigenvalue weighted by atomic mass is 35.5. The van der Waals surface area contributed by atoms with Crippen LogP contribution >= 0.6 is 11.6 Å². The normalized spacial score (nSPS) is 10.7. The summed E-state index contributed by atoms with van der Waals surface area (Å²) in [5.41, 5.74) is 1.64. The molecule has 3 aromatic rings. The smallest absolute Gasteiger partial charge is 0.336 e. The van der Waals surface area contributed by atoms with Gasteiger partial charge in [0, 0.05) is 10.6 Å². The Hall–Kier alpha value is -2.32. The largest absolute Gasteiger partial charge is 0.478 e. The van der Waals surface area contributed by atoms with Gasteiger partial charge in [0.05, 0.1) is 5.56 Å². The fourth-order valence-electron chi connectivity index (χ4n) is 2.32. The Morgan fingerprint density at radius 3 is 2.10 bits per heavy atom. The van der Waals surface area contributed by atoms with Gasteiger partial charge in [0.2, 0.25) is 0 Å². The summed E-state index contributed by atoms with van der Waals surface area (Å²) >= 11 is 6.19. The summed E-state index contributed by atoms with van der Waals surface area (Å²) in [5, 5.41) is 11.9. The Morgan fingerprint density at radius 2 is 1.45 bits per heavy atom. The maximum absolute atomic E-state index is 11.5. The van der Waals surface area contributed by atoms with Crippen LogP contribution in [0.3, 0.4) is 0 Å². The summed E-state index contributed by atoms with van der Waals surface area (Å²) in [6.07, 6.45) is 0. The van der Waals surface area contributed by atoms with Crippen molar-refractivity contribution >= 4 is 28.3 Å². The third-order valence-electron chi connectivity index (χ3n) is 3.28. The molecular weight excluding hydrogens is 272 g/mol. The molecule has 1 N–H and O–H groups in total. The summed E-state index contributed by atoms with van der Waals surface area (Å²) in [4.78, 5) is 11.5. The van der Waals surface area contributed by atoms with Gasteiger partial charge in [-0.1, -0.05) is 54.1 Å². The Labute approximate surface area is 121 Å². The molecule has 0 aliphatic heterocycles. The van der Waals surface area contributed by atoms with Gasteiger partial charge in [0.15, 0.2) is 0 Å². The van der Waals surface area contributed by atoms with E-state index in [4.69, 9.17) is 11.6 Å². The molecule has 0 radical (unpaired) electrons. The molecule has 2 nitrogen and oxygen atoms in total. The molecule has 0 bridgehead atoms. The molecule has 0 aliphatic rings. The van der Waals surface area contributed by atoms with E-state index in [1.165, 1.54) is 0 Å². The van der Waals surface area contributed by atoms with Crippen LogP contribution in [0.1, 0.15) is 10.4 Å². The predicted molar refractivity (Wildman–Crippen MR) is 81.4 cm³/mol. The molecule has 0 heterocycles. The van der Waals surface area contributed by atoms with E-state index < -0.39 is 5.97 Å². The van der Waals surface area contributed by atoms with Gasteiger partial charge >= 0.3 is 5.97 Å². The number of halogens is 1. The van der Waals surface area contributed by atoms with Crippen LogP contribution in [0.4, 0.5) is 0 Å². The lowest BCUT2D eigenvalue weighted by molar-refractivity contribution is 0.0698. The number of fused-ring (bicyclic) bond motifs is 1. The third kappa shape index (κ3) is 2.15. The molecule has 98 valence electrons. The van der Waals surface area contributed by atoms with Gasteiger partial charge in [-0.15, -0.1) is 0 Å². The molecule has 20 heavy (non-hydrogen) atoms. The van der Waals surface area contributed by atoms with Crippen LogP contribution < -0.4 is 0 Å². The van der Waals surface area contributed by atoms with Gasteiger partial charge in [-0.05, 0) is 34.5 Å². The van der Waals surface area contributed by atoms with Gasteiger partial charge < -0.3 is 5.11 Å². The zero-order valence-electron chi connectivity index (χ0n) is 10.5. The standard InChI is InChI=1S/C17H11ClO2/c18-16-8-4-3-7-13(16)14-9-11-5-1-2-6-12(11)10-15(14)17(19)20/h1-10H,(H,19,20). The van der Waals surface area contributed by atoms with E-state index in [2.05, 4.69) is 0 Å². The second-order valence-electron chi connectivity index (χ2n) is 4.53. The van der Waals surface area contributed by atoms with Crippen molar-refractivity contribution in [1.82, 2.24) is 0 Å². The lowest BCUT2D eigenvalue weighted by Crippen LogP contribution is -2.00. The minimum atomic E-state index is -0.953. The molecule has 0 aliphatic carbocycles. The van der Waals surface area contributed by atoms with E-state index in [1.807, 2.05) is 48.5 Å². The zero-order valence-corrected chi connectivity index (χ0v) is 11.3. The van der Waals surface area contributed by atoms with Crippen LogP contribution in [0.5, 0.6) is 0 Å². The topological polar surface area (TPSA) is 37.3 Å². The molecule has 0 spiro atoms. The summed E-state index contributed by atoms with van der Waals surface area (Å²) in [6, 6.07) is 18.5. The molecule has 3 aromatic carbocycles. The van der Waals surface area contributed by atoms with Gasteiger partial charge in [0.25, 0.3) is 0 Å². The van der Waals surface area contributed by atoms with Crippen molar-refractivity contribution in [2.75, 3.05) is 0 Å². The fraction of sp³-hybridized carbons (Fsp3) is 0. The van der Waals surface area contributed by atoms with Crippen molar-refractivity contribution in [3.8, 4) is 11.1 Å². The van der Waals surface area contributed by atoms with Crippen molar-refractivity contribution in [3.63, 3.8) is 0 Å². The number of benzene rings is 3. The second kappa shape index (κ2) is 4.99. The Balaban J connectivity index is 2.36. The Kier molecular flexibility index (Phi) is 3.17. The van der Waals surface area contributed by atoms with Crippen molar-refractivity contribution in [2.45, 2.75) is 0 Å². The SMILES string of the molecule is O=C(O)c1cc2ccccc2cc1-c1ccccc1Cl. The molecule has 0 fully saturated rings. The average Bonchev–Trinajstić information content (AvgIpc) is 2.46. The van der Waals surface area contributed by atoms with Crippen LogP contribution in [0.2, 0.25) is 5.02 Å². The number of carboxylic acids is 1. The van der Waals surface area contributed by atoms with E-state index >= 15 is 0 Å². The summed E-state index contributed by atoms with van der Waals surface area (Å²) in [5.74, 6) is -0.953. The molecule has 0 saturated carbocycles. The minimum Gasteiger partial charge on any atom is -0.478 e. The molecule has 0 unspecified atom stereocenters. The van der Waals surface area contributed by atoms with Gasteiger partial charge in [-0.3, -0.25) is 0 Å². The number of hydrogen-bond acceptors (Lipinski definition) is 1. The number of aromatic carboxylic acids is 1. The van der Waals surface area contributed by atoms with E-state index in [1.54, 1.807) is 12.1 Å². The first-order valence-corrected chi connectivity index (χ1v) is 6.55. The highest BCUT2D eigenvalue weighted by Gasteiger charge is 2.14. The van der Waals surface area contributed by atoms with Gasteiger partial charge in [0.1, 0.15) is 0 Å². The van der Waals surface area contributed by atoms with Gasteiger partial charge in [-0.2, -0.15) is 0 Å². The maximum atomic E-state index is 11.5. The third-order valence-corrected chi connectivity index (χ3v) is 3.61. The number of carboxylic acid groups (broad SMARTS) is 1. The molecule has 0 atom stereocenters. The maximum Gasteiger partial charge on any atom is 0.336 e. The minimum absolute atomic E-state index is 0.261. The molecule has 0 amide bonds. The zero-order chi connectivity index (χ0) is 14.1. The lowest BCUT2D eigenvalue weighted by Gasteiger charge is -2.10. The molecule has 0 aromatic heterocycles. The summed E-state index contributed by atoms with van der Waals surface area (Å²) in [6.45, 7) is 0. The Morgan fingerprint density at radius 1 is 0.850 bits per heavy atom. The molecule has 3 heteroatoms. The quantitative estimate of drug-likeness (QED) is 0.729. The van der Waals surface area contributed by atoms with Crippen LogP contribution in [0.25, 0.3) is 21.9 Å². The summed E-state index contributed by atoms with van der Waals surface area (Å²) in [7, 11) is 0. The average molecular weight is 283 g/mol. The first-order valence-electron chi connectivity index (χ1n) is 6.18. The summed E-state index contributed by atoms with van der Waals surface area (Å²) < 4.78 is 0. The first-order chi connectivity index (χ1) is 9.66. The van der Waals surface area contributed by atoms with Crippen LogP contribution in [0, 0.1) is 0 Å². The van der Waals surface area contributed by atoms with Crippen LogP contribution in [-0.4, -0.2) is 11.1 Å². The van der Waals surface area contributed by atoms with E-state index in [0.29, 0.717) is 10.6 Å². The lowest BCUT2D eigenvalue weighted by atomic mass is 9.95. The fourth-order valence-corrected chi connectivity index (χ4v) is 2.56. The van der Waals surface area contributed by atoms with Crippen molar-refractivity contribution in [1.29, 1.82) is 0 Å². The second-order valence-corrected chi connectivity index (χ2v) is 4.94. The van der Waals surface area contributed by atoms with Crippen molar-refractivity contribution < 1.29 is 9.90 Å². The Bertz CT molecular complexity index is 809. The highest BCUT2D eigenvalue weighted by molar-refractivity contribution is 6.33. The number of rotatable bonds is 2. The van der Waals surface area contributed by atoms with E-state index in [-0.39, 0.29) is 5.56 Å². The van der Waals surface area contributed by atoms with Crippen molar-refractivity contribution in [3.05, 3.63) is 71.2 Å². The van der Waals surface area contributed by atoms with Crippen LogP contribution in [-0.2, 0) is 0 Å². The number of hydrogen-bond donors (Lipinski definition) is 1. The molecular formula is C17H11ClO2. The van der Waals surface area contributed by atoms with Crippen LogP contribution in [0.15, 0.2) is 60.7 Å². The van der Waals surface area contributed by atoms with Gasteiger partial charge in [-0.25, -0.2) is 4.79 Å².